The molecule has 5 nitrogen and oxygen atoms in total. The number of halogens is 4. The van der Waals surface area contributed by atoms with Crippen LogP contribution in [-0.2, 0) is 4.84 Å². The normalized spacial score (nSPS) is 16.5. The van der Waals surface area contributed by atoms with Crippen LogP contribution in [0.2, 0.25) is 0 Å². The molecule has 1 atom stereocenters. The first-order chi connectivity index (χ1) is 12.5. The molecular weight excluding hydrogens is 354 g/mol. The molecule has 0 radical (unpaired) electrons. The standard InChI is InChI=1S/C17H9F4N3O2/c18-9-2-4-11(19)10(6-9)14-7-15(25-23-14)17-22-16(24-26-17)8-1-3-12(20)13(21)5-8/h1-6,15H,7H2/t15-/m0/s1. The van der Waals surface area contributed by atoms with Crippen molar-refractivity contribution in [2.75, 3.05) is 0 Å². The summed E-state index contributed by atoms with van der Waals surface area (Å²) in [6.45, 7) is 0. The molecule has 0 bridgehead atoms. The molecule has 2 heterocycles. The monoisotopic (exact) mass is 363 g/mol. The molecule has 9 heteroatoms. The molecule has 132 valence electrons. The van der Waals surface area contributed by atoms with E-state index in [1.54, 1.807) is 0 Å². The molecule has 0 fully saturated rings. The van der Waals surface area contributed by atoms with Gasteiger partial charge in [0.1, 0.15) is 11.6 Å². The first-order valence-electron chi connectivity index (χ1n) is 7.48. The van der Waals surface area contributed by atoms with E-state index in [0.717, 1.165) is 30.3 Å². The van der Waals surface area contributed by atoms with Crippen molar-refractivity contribution < 1.29 is 26.9 Å². The SMILES string of the molecule is Fc1ccc(F)c(C2=NO[C@H](c3nc(-c4ccc(F)c(F)c4)no3)C2)c1. The summed E-state index contributed by atoms with van der Waals surface area (Å²) >= 11 is 0. The highest BCUT2D eigenvalue weighted by Crippen LogP contribution is 2.31. The third kappa shape index (κ3) is 2.92. The summed E-state index contributed by atoms with van der Waals surface area (Å²) in [6.07, 6.45) is -0.709. The van der Waals surface area contributed by atoms with E-state index in [2.05, 4.69) is 15.3 Å². The van der Waals surface area contributed by atoms with Crippen molar-refractivity contribution in [1.29, 1.82) is 0 Å². The van der Waals surface area contributed by atoms with E-state index in [1.807, 2.05) is 0 Å². The average molecular weight is 363 g/mol. The Morgan fingerprint density at radius 3 is 2.54 bits per heavy atom. The third-order valence-corrected chi connectivity index (χ3v) is 3.80. The van der Waals surface area contributed by atoms with E-state index >= 15 is 0 Å². The van der Waals surface area contributed by atoms with Crippen molar-refractivity contribution in [2.45, 2.75) is 12.5 Å². The van der Waals surface area contributed by atoms with Crippen molar-refractivity contribution in [3.8, 4) is 11.4 Å². The Hall–Kier alpha value is -3.23. The Morgan fingerprint density at radius 1 is 0.923 bits per heavy atom. The molecule has 1 aliphatic heterocycles. The van der Waals surface area contributed by atoms with Gasteiger partial charge < -0.3 is 9.36 Å². The minimum absolute atomic E-state index is 0.0205. The van der Waals surface area contributed by atoms with Gasteiger partial charge in [-0.1, -0.05) is 10.3 Å². The van der Waals surface area contributed by atoms with Gasteiger partial charge in [-0.05, 0) is 36.4 Å². The number of rotatable bonds is 3. The Labute approximate surface area is 143 Å². The fraction of sp³-hybridized carbons (Fsp3) is 0.118. The Kier molecular flexibility index (Phi) is 3.90. The molecular formula is C17H9F4N3O2. The van der Waals surface area contributed by atoms with E-state index in [-0.39, 0.29) is 35.0 Å². The summed E-state index contributed by atoms with van der Waals surface area (Å²) in [5.41, 5.74) is 0.390. The highest BCUT2D eigenvalue weighted by Gasteiger charge is 2.30. The molecule has 0 unspecified atom stereocenters. The van der Waals surface area contributed by atoms with Crippen LogP contribution in [0, 0.1) is 23.3 Å². The maximum atomic E-state index is 13.8. The molecule has 3 aromatic rings. The van der Waals surface area contributed by atoms with E-state index < -0.39 is 29.4 Å². The number of benzene rings is 2. The van der Waals surface area contributed by atoms with Crippen LogP contribution in [0.5, 0.6) is 0 Å². The molecule has 0 spiro atoms. The lowest BCUT2D eigenvalue weighted by molar-refractivity contribution is 0.0599. The molecule has 1 aliphatic rings. The van der Waals surface area contributed by atoms with E-state index in [4.69, 9.17) is 9.36 Å². The summed E-state index contributed by atoms with van der Waals surface area (Å²) < 4.78 is 58.5. The fourth-order valence-electron chi connectivity index (χ4n) is 2.51. The van der Waals surface area contributed by atoms with Crippen molar-refractivity contribution in [1.82, 2.24) is 10.1 Å². The number of aromatic nitrogens is 2. The smallest absolute Gasteiger partial charge is 0.271 e. The Balaban J connectivity index is 1.55. The van der Waals surface area contributed by atoms with Gasteiger partial charge in [0.05, 0.1) is 5.71 Å². The molecule has 0 amide bonds. The summed E-state index contributed by atoms with van der Waals surface area (Å²) in [5.74, 6) is -3.22. The van der Waals surface area contributed by atoms with Crippen LogP contribution in [0.1, 0.15) is 24.0 Å². The van der Waals surface area contributed by atoms with Gasteiger partial charge in [-0.15, -0.1) is 0 Å². The summed E-state index contributed by atoms with van der Waals surface area (Å²) in [7, 11) is 0. The quantitative estimate of drug-likeness (QED) is 0.656. The van der Waals surface area contributed by atoms with Gasteiger partial charge in [-0.25, -0.2) is 17.6 Å². The predicted molar refractivity (Wildman–Crippen MR) is 81.0 cm³/mol. The van der Waals surface area contributed by atoms with E-state index in [1.165, 1.54) is 6.07 Å². The second-order valence-electron chi connectivity index (χ2n) is 5.55. The average Bonchev–Trinajstić information content (AvgIpc) is 3.28. The van der Waals surface area contributed by atoms with Crippen molar-refractivity contribution >= 4 is 5.71 Å². The van der Waals surface area contributed by atoms with E-state index in [9.17, 15) is 17.6 Å². The molecule has 0 N–H and O–H groups in total. The zero-order chi connectivity index (χ0) is 18.3. The van der Waals surface area contributed by atoms with Gasteiger partial charge in [-0.3, -0.25) is 0 Å². The zero-order valence-electron chi connectivity index (χ0n) is 12.9. The van der Waals surface area contributed by atoms with Crippen LogP contribution in [0.3, 0.4) is 0 Å². The van der Waals surface area contributed by atoms with Gasteiger partial charge >= 0.3 is 0 Å². The maximum absolute atomic E-state index is 13.8. The van der Waals surface area contributed by atoms with Crippen molar-refractivity contribution in [2.24, 2.45) is 5.16 Å². The van der Waals surface area contributed by atoms with E-state index in [0.29, 0.717) is 0 Å². The van der Waals surface area contributed by atoms with Crippen LogP contribution in [0.15, 0.2) is 46.1 Å². The molecule has 26 heavy (non-hydrogen) atoms. The van der Waals surface area contributed by atoms with Gasteiger partial charge in [0, 0.05) is 17.5 Å². The Bertz CT molecular complexity index is 1020. The summed E-state index contributed by atoms with van der Waals surface area (Å²) in [6, 6.07) is 6.18. The number of oxime groups is 1. The molecule has 0 saturated heterocycles. The second kappa shape index (κ2) is 6.25. The minimum Gasteiger partial charge on any atom is -0.382 e. The first kappa shape index (κ1) is 16.2. The van der Waals surface area contributed by atoms with Crippen LogP contribution in [-0.4, -0.2) is 15.9 Å². The van der Waals surface area contributed by atoms with Crippen molar-refractivity contribution in [3.63, 3.8) is 0 Å². The van der Waals surface area contributed by atoms with Gasteiger partial charge in [0.2, 0.25) is 11.9 Å². The highest BCUT2D eigenvalue weighted by atomic mass is 19.2. The first-order valence-corrected chi connectivity index (χ1v) is 7.48. The van der Waals surface area contributed by atoms with Crippen LogP contribution >= 0.6 is 0 Å². The minimum atomic E-state index is -1.04. The largest absolute Gasteiger partial charge is 0.382 e. The topological polar surface area (TPSA) is 60.5 Å². The Morgan fingerprint density at radius 2 is 1.73 bits per heavy atom. The molecule has 0 saturated carbocycles. The van der Waals surface area contributed by atoms with Crippen LogP contribution in [0.4, 0.5) is 17.6 Å². The number of nitrogens with zero attached hydrogens (tertiary/aromatic N) is 3. The lowest BCUT2D eigenvalue weighted by Gasteiger charge is -2.02. The lowest BCUT2D eigenvalue weighted by Crippen LogP contribution is -2.04. The molecule has 1 aromatic heterocycles. The van der Waals surface area contributed by atoms with Crippen LogP contribution < -0.4 is 0 Å². The molecule has 0 aliphatic carbocycles. The predicted octanol–water partition coefficient (Wildman–Crippen LogP) is 4.16. The van der Waals surface area contributed by atoms with Gasteiger partial charge in [0.15, 0.2) is 11.6 Å². The van der Waals surface area contributed by atoms with Crippen LogP contribution in [0.25, 0.3) is 11.4 Å². The van der Waals surface area contributed by atoms with Crippen molar-refractivity contribution in [3.05, 3.63) is 71.1 Å². The second-order valence-corrected chi connectivity index (χ2v) is 5.55. The van der Waals surface area contributed by atoms with Gasteiger partial charge in [-0.2, -0.15) is 4.98 Å². The molecule has 2 aromatic carbocycles. The highest BCUT2D eigenvalue weighted by molar-refractivity contribution is 6.01. The fourth-order valence-corrected chi connectivity index (χ4v) is 2.51. The third-order valence-electron chi connectivity index (χ3n) is 3.80. The van der Waals surface area contributed by atoms with Gasteiger partial charge in [0.25, 0.3) is 5.89 Å². The maximum Gasteiger partial charge on any atom is 0.271 e. The number of hydrogen-bond donors (Lipinski definition) is 0. The lowest BCUT2D eigenvalue weighted by atomic mass is 10.0. The zero-order valence-corrected chi connectivity index (χ0v) is 12.9. The summed E-state index contributed by atoms with van der Waals surface area (Å²) in [4.78, 5) is 9.23. The molecule has 4 rings (SSSR count). The summed E-state index contributed by atoms with van der Waals surface area (Å²) in [5, 5.41) is 7.44. The number of hydrogen-bond acceptors (Lipinski definition) is 5.